The van der Waals surface area contributed by atoms with Crippen LogP contribution >= 0.6 is 0 Å². The molecule has 0 spiro atoms. The summed E-state index contributed by atoms with van der Waals surface area (Å²) in [5, 5.41) is 0. The number of carbonyl (C=O) groups excluding carboxylic acids is 1. The van der Waals surface area contributed by atoms with Gasteiger partial charge in [0.25, 0.3) is 0 Å². The molecule has 0 aliphatic carbocycles. The van der Waals surface area contributed by atoms with Crippen molar-refractivity contribution < 1.29 is 4.79 Å². The fraction of sp³-hybridized carbons (Fsp3) is 0.538. The molecule has 3 heteroatoms. The first-order chi connectivity index (χ1) is 7.60. The van der Waals surface area contributed by atoms with Gasteiger partial charge < -0.3 is 4.90 Å². The lowest BCUT2D eigenvalue weighted by Crippen LogP contribution is -2.30. The van der Waals surface area contributed by atoms with Crippen LogP contribution in [0.15, 0.2) is 12.3 Å². The van der Waals surface area contributed by atoms with Gasteiger partial charge in [-0.1, -0.05) is 13.3 Å². The molecular formula is C13H20N2O. The standard InChI is InChI=1S/C13H20N2O/c1-5-6-11(3)15(4)13-10(2)7-12(9-16)8-14-13/h7-9,11H,5-6H2,1-4H3. The van der Waals surface area contributed by atoms with Gasteiger partial charge in [0.15, 0.2) is 6.29 Å². The fourth-order valence-electron chi connectivity index (χ4n) is 1.84. The molecule has 0 aromatic carbocycles. The Morgan fingerprint density at radius 2 is 2.25 bits per heavy atom. The van der Waals surface area contributed by atoms with E-state index >= 15 is 0 Å². The second-order valence-electron chi connectivity index (χ2n) is 4.28. The van der Waals surface area contributed by atoms with Crippen LogP contribution in [0.3, 0.4) is 0 Å². The molecule has 0 bridgehead atoms. The Balaban J connectivity index is 2.91. The van der Waals surface area contributed by atoms with E-state index in [2.05, 4.69) is 30.8 Å². The van der Waals surface area contributed by atoms with Gasteiger partial charge in [-0.15, -0.1) is 0 Å². The minimum Gasteiger partial charge on any atom is -0.357 e. The maximum atomic E-state index is 10.6. The van der Waals surface area contributed by atoms with Crippen LogP contribution in [0.4, 0.5) is 5.82 Å². The molecule has 0 saturated heterocycles. The zero-order valence-corrected chi connectivity index (χ0v) is 10.5. The molecule has 1 aromatic heterocycles. The van der Waals surface area contributed by atoms with Gasteiger partial charge in [-0.05, 0) is 31.9 Å². The lowest BCUT2D eigenvalue weighted by molar-refractivity contribution is 0.112. The van der Waals surface area contributed by atoms with Crippen LogP contribution in [0.25, 0.3) is 0 Å². The first kappa shape index (κ1) is 12.7. The maximum Gasteiger partial charge on any atom is 0.151 e. The maximum absolute atomic E-state index is 10.6. The third-order valence-corrected chi connectivity index (χ3v) is 2.91. The van der Waals surface area contributed by atoms with Crippen molar-refractivity contribution in [1.82, 2.24) is 4.98 Å². The molecule has 88 valence electrons. The largest absolute Gasteiger partial charge is 0.357 e. The van der Waals surface area contributed by atoms with Crippen molar-refractivity contribution in [3.05, 3.63) is 23.4 Å². The van der Waals surface area contributed by atoms with Gasteiger partial charge in [0, 0.05) is 24.8 Å². The molecule has 0 N–H and O–H groups in total. The van der Waals surface area contributed by atoms with Gasteiger partial charge in [-0.3, -0.25) is 4.79 Å². The average molecular weight is 220 g/mol. The number of hydrogen-bond donors (Lipinski definition) is 0. The molecule has 0 saturated carbocycles. The number of aryl methyl sites for hydroxylation is 1. The number of aldehydes is 1. The molecule has 0 fully saturated rings. The number of rotatable bonds is 5. The molecule has 3 nitrogen and oxygen atoms in total. The smallest absolute Gasteiger partial charge is 0.151 e. The minimum atomic E-state index is 0.471. The zero-order valence-electron chi connectivity index (χ0n) is 10.5. The summed E-state index contributed by atoms with van der Waals surface area (Å²) in [6.45, 7) is 6.36. The van der Waals surface area contributed by atoms with Crippen molar-refractivity contribution in [2.75, 3.05) is 11.9 Å². The second-order valence-corrected chi connectivity index (χ2v) is 4.28. The topological polar surface area (TPSA) is 33.2 Å². The Hall–Kier alpha value is -1.38. The van der Waals surface area contributed by atoms with E-state index in [0.29, 0.717) is 11.6 Å². The summed E-state index contributed by atoms with van der Waals surface area (Å²) >= 11 is 0. The summed E-state index contributed by atoms with van der Waals surface area (Å²) in [6.07, 6.45) is 4.77. The SMILES string of the molecule is CCCC(C)N(C)c1ncc(C=O)cc1C. The first-order valence-corrected chi connectivity index (χ1v) is 5.74. The summed E-state index contributed by atoms with van der Waals surface area (Å²) in [4.78, 5) is 17.1. The highest BCUT2D eigenvalue weighted by Gasteiger charge is 2.12. The van der Waals surface area contributed by atoms with Crippen LogP contribution in [0, 0.1) is 6.92 Å². The first-order valence-electron chi connectivity index (χ1n) is 5.74. The number of hydrogen-bond acceptors (Lipinski definition) is 3. The molecule has 1 heterocycles. The second kappa shape index (κ2) is 5.64. The number of nitrogens with zero attached hydrogens (tertiary/aromatic N) is 2. The van der Waals surface area contributed by atoms with Crippen LogP contribution < -0.4 is 4.90 Å². The number of anilines is 1. The van der Waals surface area contributed by atoms with Gasteiger partial charge >= 0.3 is 0 Å². The van der Waals surface area contributed by atoms with Gasteiger partial charge in [0.1, 0.15) is 5.82 Å². The van der Waals surface area contributed by atoms with Crippen molar-refractivity contribution in [3.63, 3.8) is 0 Å². The number of pyridine rings is 1. The minimum absolute atomic E-state index is 0.471. The van der Waals surface area contributed by atoms with Crippen molar-refractivity contribution in [2.45, 2.75) is 39.7 Å². The van der Waals surface area contributed by atoms with Crippen LogP contribution in [-0.2, 0) is 0 Å². The molecule has 1 rings (SSSR count). The van der Waals surface area contributed by atoms with Crippen molar-refractivity contribution in [1.29, 1.82) is 0 Å². The quantitative estimate of drug-likeness (QED) is 0.715. The van der Waals surface area contributed by atoms with Gasteiger partial charge in [0.2, 0.25) is 0 Å². The summed E-state index contributed by atoms with van der Waals surface area (Å²) in [6, 6.07) is 2.35. The molecule has 1 unspecified atom stereocenters. The monoisotopic (exact) mass is 220 g/mol. The fourth-order valence-corrected chi connectivity index (χ4v) is 1.84. The Morgan fingerprint density at radius 3 is 2.75 bits per heavy atom. The summed E-state index contributed by atoms with van der Waals surface area (Å²) in [5.41, 5.74) is 1.69. The lowest BCUT2D eigenvalue weighted by atomic mass is 10.1. The molecule has 1 aromatic rings. The van der Waals surface area contributed by atoms with Gasteiger partial charge in [-0.25, -0.2) is 4.98 Å². The predicted octanol–water partition coefficient (Wildman–Crippen LogP) is 2.83. The highest BCUT2D eigenvalue weighted by atomic mass is 16.1. The molecule has 0 aliphatic rings. The van der Waals surface area contributed by atoms with E-state index in [1.54, 1.807) is 6.20 Å². The van der Waals surface area contributed by atoms with E-state index in [9.17, 15) is 4.79 Å². The molecular weight excluding hydrogens is 200 g/mol. The lowest BCUT2D eigenvalue weighted by Gasteiger charge is -2.27. The zero-order chi connectivity index (χ0) is 12.1. The third kappa shape index (κ3) is 2.81. The van der Waals surface area contributed by atoms with E-state index in [-0.39, 0.29) is 0 Å². The van der Waals surface area contributed by atoms with Crippen LogP contribution in [0.1, 0.15) is 42.6 Å². The summed E-state index contributed by atoms with van der Waals surface area (Å²) in [7, 11) is 2.05. The Kier molecular flexibility index (Phi) is 4.47. The van der Waals surface area contributed by atoms with E-state index in [1.165, 1.54) is 0 Å². The van der Waals surface area contributed by atoms with Gasteiger partial charge in [-0.2, -0.15) is 0 Å². The van der Waals surface area contributed by atoms with E-state index in [1.807, 2.05) is 13.0 Å². The predicted molar refractivity (Wildman–Crippen MR) is 67.1 cm³/mol. The summed E-state index contributed by atoms with van der Waals surface area (Å²) in [5.74, 6) is 0.964. The van der Waals surface area contributed by atoms with E-state index in [4.69, 9.17) is 0 Å². The molecule has 0 amide bonds. The molecule has 0 radical (unpaired) electrons. The van der Waals surface area contributed by atoms with Crippen molar-refractivity contribution in [2.24, 2.45) is 0 Å². The van der Waals surface area contributed by atoms with E-state index < -0.39 is 0 Å². The van der Waals surface area contributed by atoms with Crippen LogP contribution in [-0.4, -0.2) is 24.4 Å². The van der Waals surface area contributed by atoms with E-state index in [0.717, 1.165) is 30.5 Å². The van der Waals surface area contributed by atoms with Crippen LogP contribution in [0.2, 0.25) is 0 Å². The molecule has 0 aliphatic heterocycles. The molecule has 1 atom stereocenters. The third-order valence-electron chi connectivity index (χ3n) is 2.91. The Morgan fingerprint density at radius 1 is 1.56 bits per heavy atom. The number of carbonyl (C=O) groups is 1. The highest BCUT2D eigenvalue weighted by molar-refractivity contribution is 5.75. The highest BCUT2D eigenvalue weighted by Crippen LogP contribution is 2.19. The van der Waals surface area contributed by atoms with Gasteiger partial charge in [0.05, 0.1) is 0 Å². The van der Waals surface area contributed by atoms with Crippen LogP contribution in [0.5, 0.6) is 0 Å². The molecule has 16 heavy (non-hydrogen) atoms. The summed E-state index contributed by atoms with van der Waals surface area (Å²) < 4.78 is 0. The average Bonchev–Trinajstić information content (AvgIpc) is 2.28. The Labute approximate surface area is 97.5 Å². The van der Waals surface area contributed by atoms with Crippen molar-refractivity contribution >= 4 is 12.1 Å². The Bertz CT molecular complexity index is 363. The number of aromatic nitrogens is 1. The van der Waals surface area contributed by atoms with Crippen molar-refractivity contribution in [3.8, 4) is 0 Å². The normalized spacial score (nSPS) is 12.2.